The van der Waals surface area contributed by atoms with Crippen LogP contribution in [-0.2, 0) is 18.4 Å². The molecule has 116 valence electrons. The fraction of sp³-hybridized carbons (Fsp3) is 0.824. The van der Waals surface area contributed by atoms with Gasteiger partial charge in [-0.3, -0.25) is 0 Å². The molecule has 3 aliphatic rings. The molecule has 1 aromatic heterocycles. The van der Waals surface area contributed by atoms with Crippen molar-refractivity contribution in [2.45, 2.75) is 70.4 Å². The molecular weight excluding hydrogens is 296 g/mol. The molecule has 0 bridgehead atoms. The topological polar surface area (TPSA) is 24.9 Å². The number of nitrogens with zero attached hydrogens (tertiary/aromatic N) is 1. The molecule has 2 aliphatic carbocycles. The highest BCUT2D eigenvalue weighted by molar-refractivity contribution is 7.99. The molecule has 21 heavy (non-hydrogen) atoms. The number of nitrogens with one attached hydrogen (secondary N) is 1. The van der Waals surface area contributed by atoms with Crippen molar-refractivity contribution in [2.24, 2.45) is 5.41 Å². The number of rotatable bonds is 3. The van der Waals surface area contributed by atoms with Crippen LogP contribution in [0.1, 0.15) is 61.5 Å². The first-order chi connectivity index (χ1) is 10.1. The molecule has 4 rings (SSSR count). The first-order valence-corrected chi connectivity index (χ1v) is 10.4. The van der Waals surface area contributed by atoms with Crippen molar-refractivity contribution >= 4 is 23.1 Å². The van der Waals surface area contributed by atoms with Crippen LogP contribution < -0.4 is 5.32 Å². The summed E-state index contributed by atoms with van der Waals surface area (Å²) in [5, 5.41) is 5.45. The molecule has 1 N–H and O–H groups in total. The van der Waals surface area contributed by atoms with Crippen LogP contribution in [0.15, 0.2) is 0 Å². The summed E-state index contributed by atoms with van der Waals surface area (Å²) in [5.41, 5.74) is 1.84. The van der Waals surface area contributed by atoms with Crippen molar-refractivity contribution < 1.29 is 0 Å². The highest BCUT2D eigenvalue weighted by Crippen LogP contribution is 2.51. The second-order valence-corrected chi connectivity index (χ2v) is 9.80. The van der Waals surface area contributed by atoms with Gasteiger partial charge in [0.1, 0.15) is 5.01 Å². The molecule has 1 unspecified atom stereocenters. The minimum atomic E-state index is 0.110. The van der Waals surface area contributed by atoms with Crippen molar-refractivity contribution in [1.29, 1.82) is 0 Å². The molecule has 0 aromatic carbocycles. The Balaban J connectivity index is 1.76. The van der Waals surface area contributed by atoms with Crippen LogP contribution in [0.2, 0.25) is 0 Å². The van der Waals surface area contributed by atoms with E-state index in [1.54, 1.807) is 4.88 Å². The predicted molar refractivity (Wildman–Crippen MR) is 92.3 cm³/mol. The van der Waals surface area contributed by atoms with Crippen molar-refractivity contribution in [3.8, 4) is 0 Å². The Bertz CT molecular complexity index is 509. The maximum atomic E-state index is 5.17. The van der Waals surface area contributed by atoms with Crippen LogP contribution in [0.25, 0.3) is 0 Å². The number of thiazole rings is 1. The Morgan fingerprint density at radius 2 is 2.00 bits per heavy atom. The minimum Gasteiger partial charge on any atom is -0.301 e. The van der Waals surface area contributed by atoms with Crippen LogP contribution in [0, 0.1) is 5.41 Å². The van der Waals surface area contributed by atoms with Crippen molar-refractivity contribution in [3.63, 3.8) is 0 Å². The van der Waals surface area contributed by atoms with E-state index in [0.29, 0.717) is 5.41 Å². The SMILES string of the molecule is CC1(C)CCSCC1(NC1CC1)c1nc2c(s1)CCCC2. The number of thioether (sulfide) groups is 1. The van der Waals surface area contributed by atoms with E-state index in [2.05, 4.69) is 30.9 Å². The molecule has 1 atom stereocenters. The molecule has 0 radical (unpaired) electrons. The van der Waals surface area contributed by atoms with Crippen molar-refractivity contribution in [1.82, 2.24) is 10.3 Å². The normalized spacial score (nSPS) is 31.9. The van der Waals surface area contributed by atoms with Gasteiger partial charge in [0, 0.05) is 16.7 Å². The Hall–Kier alpha value is -0.0600. The number of fused-ring (bicyclic) bond motifs is 1. The van der Waals surface area contributed by atoms with E-state index in [1.165, 1.54) is 67.2 Å². The zero-order valence-electron chi connectivity index (χ0n) is 13.2. The maximum Gasteiger partial charge on any atom is 0.115 e. The molecule has 1 saturated heterocycles. The molecule has 4 heteroatoms. The third-order valence-corrected chi connectivity index (χ3v) is 8.03. The Morgan fingerprint density at radius 3 is 2.71 bits per heavy atom. The number of hydrogen-bond donors (Lipinski definition) is 1. The van der Waals surface area contributed by atoms with E-state index in [4.69, 9.17) is 4.98 Å². The fourth-order valence-corrected chi connectivity index (χ4v) is 7.01. The summed E-state index contributed by atoms with van der Waals surface area (Å²) >= 11 is 4.14. The highest BCUT2D eigenvalue weighted by Gasteiger charge is 2.52. The van der Waals surface area contributed by atoms with Crippen LogP contribution >= 0.6 is 23.1 Å². The molecule has 0 amide bonds. The molecule has 2 fully saturated rings. The smallest absolute Gasteiger partial charge is 0.115 e. The van der Waals surface area contributed by atoms with Gasteiger partial charge in [0.05, 0.1) is 11.2 Å². The molecule has 2 nitrogen and oxygen atoms in total. The average Bonchev–Trinajstić information content (AvgIpc) is 3.16. The van der Waals surface area contributed by atoms with Crippen LogP contribution in [0.4, 0.5) is 0 Å². The second kappa shape index (κ2) is 5.24. The Kier molecular flexibility index (Phi) is 3.63. The zero-order chi connectivity index (χ0) is 14.5. The van der Waals surface area contributed by atoms with E-state index in [9.17, 15) is 0 Å². The van der Waals surface area contributed by atoms with E-state index < -0.39 is 0 Å². The van der Waals surface area contributed by atoms with Crippen LogP contribution in [0.5, 0.6) is 0 Å². The molecule has 1 aromatic rings. The summed E-state index contributed by atoms with van der Waals surface area (Å²) in [5.74, 6) is 2.50. The predicted octanol–water partition coefficient (Wildman–Crippen LogP) is 4.13. The lowest BCUT2D eigenvalue weighted by molar-refractivity contribution is 0.126. The standard InChI is InChI=1S/C17H26N2S2/c1-16(2)9-10-20-11-17(16,19-12-7-8-12)15-18-13-5-3-4-6-14(13)21-15/h12,19H,3-11H2,1-2H3. The molecule has 1 saturated carbocycles. The van der Waals surface area contributed by atoms with Crippen LogP contribution in [0.3, 0.4) is 0 Å². The van der Waals surface area contributed by atoms with Gasteiger partial charge in [-0.05, 0) is 56.1 Å². The summed E-state index contributed by atoms with van der Waals surface area (Å²) in [7, 11) is 0. The number of aromatic nitrogens is 1. The van der Waals surface area contributed by atoms with Crippen LogP contribution in [-0.4, -0.2) is 22.5 Å². The zero-order valence-corrected chi connectivity index (χ0v) is 14.8. The first-order valence-electron chi connectivity index (χ1n) is 8.45. The van der Waals surface area contributed by atoms with Gasteiger partial charge in [0.2, 0.25) is 0 Å². The summed E-state index contributed by atoms with van der Waals surface area (Å²) in [6, 6.07) is 0.740. The lowest BCUT2D eigenvalue weighted by Crippen LogP contribution is -2.58. The van der Waals surface area contributed by atoms with Gasteiger partial charge in [-0.15, -0.1) is 11.3 Å². The second-order valence-electron chi connectivity index (χ2n) is 7.61. The van der Waals surface area contributed by atoms with Crippen molar-refractivity contribution in [2.75, 3.05) is 11.5 Å². The quantitative estimate of drug-likeness (QED) is 0.905. The minimum absolute atomic E-state index is 0.110. The van der Waals surface area contributed by atoms with Gasteiger partial charge in [-0.25, -0.2) is 4.98 Å². The summed E-state index contributed by atoms with van der Waals surface area (Å²) in [6.07, 6.45) is 9.16. The lowest BCUT2D eigenvalue weighted by Gasteiger charge is -2.49. The highest BCUT2D eigenvalue weighted by atomic mass is 32.2. The largest absolute Gasteiger partial charge is 0.301 e. The molecule has 1 aliphatic heterocycles. The van der Waals surface area contributed by atoms with Gasteiger partial charge in [-0.1, -0.05) is 13.8 Å². The third-order valence-electron chi connectivity index (χ3n) is 5.58. The lowest BCUT2D eigenvalue weighted by atomic mass is 9.71. The summed E-state index contributed by atoms with van der Waals surface area (Å²) in [6.45, 7) is 4.92. The van der Waals surface area contributed by atoms with Gasteiger partial charge in [-0.2, -0.15) is 11.8 Å². The van der Waals surface area contributed by atoms with E-state index in [1.807, 2.05) is 11.3 Å². The van der Waals surface area contributed by atoms with Gasteiger partial charge in [0.25, 0.3) is 0 Å². The van der Waals surface area contributed by atoms with Gasteiger partial charge < -0.3 is 5.32 Å². The summed E-state index contributed by atoms with van der Waals surface area (Å²) < 4.78 is 0. The van der Waals surface area contributed by atoms with E-state index in [-0.39, 0.29) is 5.54 Å². The van der Waals surface area contributed by atoms with Crippen molar-refractivity contribution in [3.05, 3.63) is 15.6 Å². The van der Waals surface area contributed by atoms with Gasteiger partial charge in [0.15, 0.2) is 0 Å². The monoisotopic (exact) mass is 322 g/mol. The van der Waals surface area contributed by atoms with Gasteiger partial charge >= 0.3 is 0 Å². The molecular formula is C17H26N2S2. The maximum absolute atomic E-state index is 5.17. The average molecular weight is 323 g/mol. The number of hydrogen-bond acceptors (Lipinski definition) is 4. The Labute approximate surface area is 136 Å². The summed E-state index contributed by atoms with van der Waals surface area (Å²) in [4.78, 5) is 6.75. The fourth-order valence-electron chi connectivity index (χ4n) is 3.72. The molecule has 0 spiro atoms. The third kappa shape index (κ3) is 2.47. The number of aryl methyl sites for hydroxylation is 2. The molecule has 2 heterocycles. The Morgan fingerprint density at radius 1 is 1.19 bits per heavy atom. The van der Waals surface area contributed by atoms with E-state index >= 15 is 0 Å². The van der Waals surface area contributed by atoms with E-state index in [0.717, 1.165) is 6.04 Å². The first kappa shape index (κ1) is 14.5.